The van der Waals surface area contributed by atoms with Crippen LogP contribution in [0.3, 0.4) is 0 Å². The van der Waals surface area contributed by atoms with Crippen LogP contribution in [0.1, 0.15) is 48.3 Å². The zero-order valence-corrected chi connectivity index (χ0v) is 14.2. The van der Waals surface area contributed by atoms with Crippen LogP contribution in [0.5, 0.6) is 0 Å². The van der Waals surface area contributed by atoms with Crippen LogP contribution in [0.15, 0.2) is 54.6 Å². The molecular formula is C19H24O2P+. The molecule has 0 aromatic heterocycles. The molecule has 0 amide bonds. The van der Waals surface area contributed by atoms with Crippen LogP contribution < -0.4 is 0 Å². The van der Waals surface area contributed by atoms with Crippen molar-refractivity contribution in [2.45, 2.75) is 38.5 Å². The first-order valence-electron chi connectivity index (χ1n) is 7.82. The van der Waals surface area contributed by atoms with Crippen molar-refractivity contribution in [3.05, 3.63) is 71.3 Å². The second kappa shape index (κ2) is 8.22. The van der Waals surface area contributed by atoms with E-state index in [1.807, 2.05) is 12.1 Å². The Bertz CT molecular complexity index is 610. The molecule has 3 unspecified atom stereocenters. The molecule has 0 spiro atoms. The Labute approximate surface area is 134 Å². The molecule has 3 atom stereocenters. The summed E-state index contributed by atoms with van der Waals surface area (Å²) in [6, 6.07) is 18.9. The van der Waals surface area contributed by atoms with Crippen LogP contribution in [-0.4, -0.2) is 11.1 Å². The summed E-state index contributed by atoms with van der Waals surface area (Å²) < 4.78 is 11.1. The van der Waals surface area contributed by atoms with E-state index in [-0.39, 0.29) is 0 Å². The van der Waals surface area contributed by atoms with E-state index < -0.39 is 8.03 Å². The predicted molar refractivity (Wildman–Crippen MR) is 92.7 cm³/mol. The third kappa shape index (κ3) is 4.76. The summed E-state index contributed by atoms with van der Waals surface area (Å²) >= 11 is 0. The summed E-state index contributed by atoms with van der Waals surface area (Å²) in [5.74, 6) is 0.755. The Hall–Kier alpha value is -1.50. The van der Waals surface area contributed by atoms with E-state index in [1.165, 1.54) is 16.7 Å². The van der Waals surface area contributed by atoms with Crippen LogP contribution in [0.2, 0.25) is 0 Å². The Morgan fingerprint density at radius 3 is 2.32 bits per heavy atom. The molecule has 0 aliphatic heterocycles. The Kier molecular flexibility index (Phi) is 6.30. The average Bonchev–Trinajstić information content (AvgIpc) is 2.52. The smallest absolute Gasteiger partial charge is 0.161 e. The lowest BCUT2D eigenvalue weighted by Gasteiger charge is -2.22. The summed E-state index contributed by atoms with van der Waals surface area (Å²) in [5, 5.41) is 0. The Morgan fingerprint density at radius 2 is 1.68 bits per heavy atom. The molecular weight excluding hydrogens is 291 g/mol. The zero-order valence-electron chi connectivity index (χ0n) is 13.3. The summed E-state index contributed by atoms with van der Waals surface area (Å²) in [6.07, 6.45) is 2.13. The lowest BCUT2D eigenvalue weighted by molar-refractivity contribution is 0.489. The number of hydrogen-bond donors (Lipinski definition) is 1. The fourth-order valence-corrected chi connectivity index (χ4v) is 3.59. The summed E-state index contributed by atoms with van der Waals surface area (Å²) in [4.78, 5) is 9.18. The minimum atomic E-state index is -2.06. The first kappa shape index (κ1) is 16.9. The molecule has 1 N–H and O–H groups in total. The van der Waals surface area contributed by atoms with Crippen molar-refractivity contribution in [1.29, 1.82) is 0 Å². The highest BCUT2D eigenvalue weighted by atomic mass is 31.1. The van der Waals surface area contributed by atoms with Crippen LogP contribution in [0.4, 0.5) is 0 Å². The van der Waals surface area contributed by atoms with Crippen molar-refractivity contribution in [1.82, 2.24) is 0 Å². The van der Waals surface area contributed by atoms with Crippen molar-refractivity contribution < 1.29 is 9.46 Å². The maximum Gasteiger partial charge on any atom is 0.505 e. The van der Waals surface area contributed by atoms with Crippen LogP contribution in [0.25, 0.3) is 0 Å². The number of hydrogen-bond acceptors (Lipinski definition) is 1. The molecule has 22 heavy (non-hydrogen) atoms. The maximum atomic E-state index is 11.1. The van der Waals surface area contributed by atoms with Gasteiger partial charge in [-0.2, -0.15) is 4.89 Å². The largest absolute Gasteiger partial charge is 0.505 e. The third-order valence-corrected chi connectivity index (χ3v) is 4.94. The SMILES string of the molecule is Cc1ccccc1C(CC[P+](=O)O)CC(C)c1ccccc1. The van der Waals surface area contributed by atoms with E-state index in [0.29, 0.717) is 18.0 Å². The number of aryl methyl sites for hydroxylation is 1. The second-order valence-electron chi connectivity index (χ2n) is 5.97. The highest BCUT2D eigenvalue weighted by Crippen LogP contribution is 2.35. The number of rotatable bonds is 7. The van der Waals surface area contributed by atoms with Gasteiger partial charge in [0.25, 0.3) is 0 Å². The molecule has 0 radical (unpaired) electrons. The first-order valence-corrected chi connectivity index (χ1v) is 9.21. The van der Waals surface area contributed by atoms with Gasteiger partial charge in [-0.05, 0) is 46.4 Å². The van der Waals surface area contributed by atoms with Crippen molar-refractivity contribution in [3.8, 4) is 0 Å². The molecule has 0 bridgehead atoms. The van der Waals surface area contributed by atoms with Crippen LogP contribution >= 0.6 is 8.03 Å². The minimum absolute atomic E-state index is 0.322. The van der Waals surface area contributed by atoms with Gasteiger partial charge in [-0.1, -0.05) is 61.5 Å². The molecule has 2 nitrogen and oxygen atoms in total. The van der Waals surface area contributed by atoms with Gasteiger partial charge in [0.2, 0.25) is 0 Å². The molecule has 2 aromatic carbocycles. The van der Waals surface area contributed by atoms with Crippen LogP contribution in [0, 0.1) is 6.92 Å². The zero-order chi connectivity index (χ0) is 15.9. The van der Waals surface area contributed by atoms with Gasteiger partial charge >= 0.3 is 8.03 Å². The van der Waals surface area contributed by atoms with Gasteiger partial charge in [0.15, 0.2) is 6.16 Å². The average molecular weight is 315 g/mol. The van der Waals surface area contributed by atoms with Crippen molar-refractivity contribution in [3.63, 3.8) is 0 Å². The molecule has 116 valence electrons. The topological polar surface area (TPSA) is 37.3 Å². The van der Waals surface area contributed by atoms with E-state index in [4.69, 9.17) is 0 Å². The fraction of sp³-hybridized carbons (Fsp3) is 0.368. The van der Waals surface area contributed by atoms with Gasteiger partial charge in [0.05, 0.1) is 0 Å². The van der Waals surface area contributed by atoms with Crippen molar-refractivity contribution >= 4 is 8.03 Å². The monoisotopic (exact) mass is 315 g/mol. The molecule has 0 fully saturated rings. The third-order valence-electron chi connectivity index (χ3n) is 4.30. The summed E-state index contributed by atoms with van der Waals surface area (Å²) in [5.41, 5.74) is 3.90. The second-order valence-corrected chi connectivity index (χ2v) is 7.12. The normalized spacial score (nSPS) is 14.4. The highest BCUT2D eigenvalue weighted by molar-refractivity contribution is 7.37. The maximum absolute atomic E-state index is 11.1. The lowest BCUT2D eigenvalue weighted by Crippen LogP contribution is -2.07. The van der Waals surface area contributed by atoms with E-state index in [1.54, 1.807) is 0 Å². The van der Waals surface area contributed by atoms with E-state index in [2.05, 4.69) is 56.3 Å². The summed E-state index contributed by atoms with van der Waals surface area (Å²) in [7, 11) is -2.06. The van der Waals surface area contributed by atoms with Crippen molar-refractivity contribution in [2.24, 2.45) is 0 Å². The van der Waals surface area contributed by atoms with E-state index >= 15 is 0 Å². The highest BCUT2D eigenvalue weighted by Gasteiger charge is 2.22. The molecule has 0 aliphatic rings. The standard InChI is InChI=1S/C19H23O2P/c1-15-8-6-7-11-19(15)18(12-13-22(20)21)14-16(2)17-9-4-3-5-10-17/h3-11,16,18H,12-14H2,1-2H3/p+1. The van der Waals surface area contributed by atoms with Gasteiger partial charge in [-0.3, -0.25) is 0 Å². The van der Waals surface area contributed by atoms with E-state index in [9.17, 15) is 9.46 Å². The molecule has 0 saturated heterocycles. The molecule has 2 aromatic rings. The van der Waals surface area contributed by atoms with Gasteiger partial charge in [0.1, 0.15) is 0 Å². The van der Waals surface area contributed by atoms with E-state index in [0.717, 1.165) is 12.8 Å². The predicted octanol–water partition coefficient (Wildman–Crippen LogP) is 5.40. The van der Waals surface area contributed by atoms with Gasteiger partial charge in [-0.15, -0.1) is 0 Å². The first-order chi connectivity index (χ1) is 10.6. The minimum Gasteiger partial charge on any atom is -0.161 e. The van der Waals surface area contributed by atoms with Crippen molar-refractivity contribution in [2.75, 3.05) is 6.16 Å². The molecule has 0 aliphatic carbocycles. The van der Waals surface area contributed by atoms with Crippen LogP contribution in [-0.2, 0) is 4.57 Å². The lowest BCUT2D eigenvalue weighted by atomic mass is 9.83. The Balaban J connectivity index is 2.17. The quantitative estimate of drug-likeness (QED) is 0.695. The molecule has 3 heteroatoms. The Morgan fingerprint density at radius 1 is 1.05 bits per heavy atom. The molecule has 0 heterocycles. The molecule has 2 rings (SSSR count). The van der Waals surface area contributed by atoms with Gasteiger partial charge in [0, 0.05) is 6.42 Å². The number of benzene rings is 2. The molecule has 0 saturated carbocycles. The van der Waals surface area contributed by atoms with Gasteiger partial charge in [-0.25, -0.2) is 0 Å². The van der Waals surface area contributed by atoms with Gasteiger partial charge < -0.3 is 0 Å². The summed E-state index contributed by atoms with van der Waals surface area (Å²) in [6.45, 7) is 4.36. The fourth-order valence-electron chi connectivity index (χ4n) is 3.06.